The number of rotatable bonds is 6. The van der Waals surface area contributed by atoms with Crippen molar-refractivity contribution in [1.82, 2.24) is 4.98 Å². The van der Waals surface area contributed by atoms with Gasteiger partial charge in [-0.2, -0.15) is 8.78 Å². The van der Waals surface area contributed by atoms with E-state index < -0.39 is 11.9 Å². The van der Waals surface area contributed by atoms with Crippen LogP contribution in [0, 0.1) is 5.21 Å². The highest BCUT2D eigenvalue weighted by Gasteiger charge is 2.08. The van der Waals surface area contributed by atoms with E-state index in [1.165, 1.54) is 35.5 Å². The molecule has 1 aromatic rings. The van der Waals surface area contributed by atoms with Crippen LogP contribution in [-0.4, -0.2) is 27.7 Å². The van der Waals surface area contributed by atoms with E-state index in [0.717, 1.165) is 4.74 Å². The summed E-state index contributed by atoms with van der Waals surface area (Å²) in [5.74, 6) is -1.21. The van der Waals surface area contributed by atoms with Crippen LogP contribution >= 0.6 is 23.1 Å². The molecule has 0 radical (unpaired) electrons. The molecular formula is C11H13F3N2OS2. The van der Waals surface area contributed by atoms with Crippen LogP contribution in [0.5, 0.6) is 0 Å². The summed E-state index contributed by atoms with van der Waals surface area (Å²) in [6.45, 7) is 3.53. The Balaban J connectivity index is 2.52. The van der Waals surface area contributed by atoms with Gasteiger partial charge in [-0.15, -0.1) is 11.3 Å². The number of thioether (sulfide) groups is 1. The lowest BCUT2D eigenvalue weighted by Gasteiger charge is -2.05. The van der Waals surface area contributed by atoms with E-state index in [1.807, 2.05) is 0 Å². The van der Waals surface area contributed by atoms with Crippen molar-refractivity contribution in [3.63, 3.8) is 0 Å². The van der Waals surface area contributed by atoms with E-state index >= 15 is 0 Å². The van der Waals surface area contributed by atoms with Crippen LogP contribution in [-0.2, 0) is 0 Å². The van der Waals surface area contributed by atoms with Gasteiger partial charge in [-0.1, -0.05) is 11.8 Å². The minimum Gasteiger partial charge on any atom is -0.624 e. The van der Waals surface area contributed by atoms with Gasteiger partial charge in [-0.25, -0.2) is 14.1 Å². The Hall–Kier alpha value is -1.02. The Morgan fingerprint density at radius 2 is 2.21 bits per heavy atom. The zero-order chi connectivity index (χ0) is 14.4. The van der Waals surface area contributed by atoms with Crippen LogP contribution in [0.3, 0.4) is 0 Å². The summed E-state index contributed by atoms with van der Waals surface area (Å²) in [5, 5.41) is 11.4. The summed E-state index contributed by atoms with van der Waals surface area (Å²) < 4.78 is 37.6. The highest BCUT2D eigenvalue weighted by molar-refractivity contribution is 8.01. The summed E-state index contributed by atoms with van der Waals surface area (Å²) >= 11 is 2.45. The molecule has 0 saturated carbocycles. The zero-order valence-electron chi connectivity index (χ0n) is 10.4. The van der Waals surface area contributed by atoms with Crippen LogP contribution in [0.25, 0.3) is 0 Å². The van der Waals surface area contributed by atoms with Crippen LogP contribution in [0.2, 0.25) is 0 Å². The van der Waals surface area contributed by atoms with Crippen LogP contribution in [0.1, 0.15) is 25.1 Å². The predicted octanol–water partition coefficient (Wildman–Crippen LogP) is 4.04. The lowest BCUT2D eigenvalue weighted by atomic mass is 10.4. The first-order valence-electron chi connectivity index (χ1n) is 5.48. The highest BCUT2D eigenvalue weighted by atomic mass is 32.2. The smallest absolute Gasteiger partial charge is 0.301 e. The summed E-state index contributed by atoms with van der Waals surface area (Å²) in [7, 11) is 0. The molecule has 106 valence electrons. The topological polar surface area (TPSA) is 39.0 Å². The van der Waals surface area contributed by atoms with Gasteiger partial charge >= 0.3 is 6.08 Å². The van der Waals surface area contributed by atoms with Gasteiger partial charge in [0.1, 0.15) is 4.88 Å². The standard InChI is InChI=1S/C11H13F3N2OS2/c1-7(2)16(17)6-8-5-15-11(19-8)18-4-3-9(12)10(13)14/h5-7H,3-4H2,1-2H3/b16-6-. The number of aromatic nitrogens is 1. The van der Waals surface area contributed by atoms with Gasteiger partial charge in [0, 0.05) is 12.2 Å². The van der Waals surface area contributed by atoms with Crippen molar-refractivity contribution >= 4 is 29.3 Å². The van der Waals surface area contributed by atoms with Gasteiger partial charge < -0.3 is 5.21 Å². The quantitative estimate of drug-likeness (QED) is 0.262. The summed E-state index contributed by atoms with van der Waals surface area (Å²) in [6, 6.07) is -0.162. The van der Waals surface area contributed by atoms with E-state index in [1.54, 1.807) is 13.8 Å². The third-order valence-electron chi connectivity index (χ3n) is 2.02. The molecule has 3 nitrogen and oxygen atoms in total. The second kappa shape index (κ2) is 7.54. The molecule has 0 atom stereocenters. The maximum Gasteiger partial charge on any atom is 0.301 e. The maximum absolute atomic E-state index is 12.5. The van der Waals surface area contributed by atoms with Crippen molar-refractivity contribution in [2.24, 2.45) is 0 Å². The summed E-state index contributed by atoms with van der Waals surface area (Å²) in [4.78, 5) is 4.71. The van der Waals surface area contributed by atoms with Crippen LogP contribution in [0.15, 0.2) is 22.4 Å². The van der Waals surface area contributed by atoms with Gasteiger partial charge in [-0.05, 0) is 13.8 Å². The fourth-order valence-corrected chi connectivity index (χ4v) is 2.92. The number of nitrogens with zero attached hydrogens (tertiary/aromatic N) is 2. The second-order valence-electron chi connectivity index (χ2n) is 3.88. The monoisotopic (exact) mass is 310 g/mol. The molecule has 1 heterocycles. The number of hydrogen-bond donors (Lipinski definition) is 0. The Morgan fingerprint density at radius 1 is 1.53 bits per heavy atom. The second-order valence-corrected chi connectivity index (χ2v) is 6.28. The Kier molecular flexibility index (Phi) is 6.36. The molecule has 0 aliphatic carbocycles. The average molecular weight is 310 g/mol. The molecule has 0 aliphatic heterocycles. The van der Waals surface area contributed by atoms with E-state index in [-0.39, 0.29) is 18.2 Å². The molecule has 0 aromatic carbocycles. The predicted molar refractivity (Wildman–Crippen MR) is 71.7 cm³/mol. The lowest BCUT2D eigenvalue weighted by molar-refractivity contribution is -0.486. The summed E-state index contributed by atoms with van der Waals surface area (Å²) in [6.07, 6.45) is 0.356. The normalized spacial score (nSPS) is 12.0. The lowest BCUT2D eigenvalue weighted by Crippen LogP contribution is -2.14. The molecule has 0 unspecified atom stereocenters. The molecule has 0 spiro atoms. The Bertz CT molecular complexity index is 482. The van der Waals surface area contributed by atoms with Crippen LogP contribution < -0.4 is 0 Å². The minimum absolute atomic E-state index is 0.162. The number of thiazole rings is 1. The Morgan fingerprint density at radius 3 is 2.79 bits per heavy atom. The molecule has 0 saturated heterocycles. The summed E-state index contributed by atoms with van der Waals surface area (Å²) in [5.41, 5.74) is 0. The number of halogens is 3. The molecule has 0 aliphatic rings. The average Bonchev–Trinajstić information content (AvgIpc) is 2.76. The maximum atomic E-state index is 12.5. The van der Waals surface area contributed by atoms with E-state index in [9.17, 15) is 18.4 Å². The van der Waals surface area contributed by atoms with E-state index in [2.05, 4.69) is 4.98 Å². The number of hydrogen-bond acceptors (Lipinski definition) is 4. The van der Waals surface area contributed by atoms with Gasteiger partial charge in [0.25, 0.3) is 0 Å². The SMILES string of the molecule is CC(C)/[N+]([O-])=C/c1cnc(SCCC(F)=C(F)F)s1. The van der Waals surface area contributed by atoms with E-state index in [0.29, 0.717) is 9.22 Å². The molecule has 0 bridgehead atoms. The van der Waals surface area contributed by atoms with Crippen molar-refractivity contribution in [3.8, 4) is 0 Å². The van der Waals surface area contributed by atoms with Crippen molar-refractivity contribution in [2.75, 3.05) is 5.75 Å². The molecule has 0 fully saturated rings. The third-order valence-corrected chi connectivity index (χ3v) is 4.11. The van der Waals surface area contributed by atoms with Crippen molar-refractivity contribution < 1.29 is 17.9 Å². The fourth-order valence-electron chi connectivity index (χ4n) is 0.993. The van der Waals surface area contributed by atoms with Gasteiger partial charge in [0.05, 0.1) is 6.20 Å². The van der Waals surface area contributed by atoms with Gasteiger partial charge in [0.15, 0.2) is 22.4 Å². The van der Waals surface area contributed by atoms with Crippen molar-refractivity contribution in [3.05, 3.63) is 28.2 Å². The minimum atomic E-state index is -2.27. The van der Waals surface area contributed by atoms with E-state index in [4.69, 9.17) is 0 Å². The van der Waals surface area contributed by atoms with Crippen LogP contribution in [0.4, 0.5) is 13.2 Å². The fraction of sp³-hybridized carbons (Fsp3) is 0.455. The highest BCUT2D eigenvalue weighted by Crippen LogP contribution is 2.26. The number of hydroxylamine groups is 1. The molecule has 0 N–H and O–H groups in total. The molecule has 1 aromatic heterocycles. The molecule has 8 heteroatoms. The largest absolute Gasteiger partial charge is 0.624 e. The molecule has 0 amide bonds. The zero-order valence-corrected chi connectivity index (χ0v) is 12.0. The number of allylic oxidation sites excluding steroid dienone is 1. The molecular weight excluding hydrogens is 297 g/mol. The first-order valence-corrected chi connectivity index (χ1v) is 7.29. The molecule has 1 rings (SSSR count). The first kappa shape index (κ1) is 16.0. The third kappa shape index (κ3) is 5.65. The van der Waals surface area contributed by atoms with Crippen molar-refractivity contribution in [1.29, 1.82) is 0 Å². The first-order chi connectivity index (χ1) is 8.90. The molecule has 19 heavy (non-hydrogen) atoms. The van der Waals surface area contributed by atoms with Gasteiger partial charge in [-0.3, -0.25) is 0 Å². The van der Waals surface area contributed by atoms with Gasteiger partial charge in [0.2, 0.25) is 0 Å². The van der Waals surface area contributed by atoms with Crippen molar-refractivity contribution in [2.45, 2.75) is 30.6 Å². The Labute approximate surface area is 117 Å².